The van der Waals surface area contributed by atoms with E-state index in [-0.39, 0.29) is 17.8 Å². The zero-order chi connectivity index (χ0) is 22.9. The molecule has 0 radical (unpaired) electrons. The summed E-state index contributed by atoms with van der Waals surface area (Å²) in [6.07, 6.45) is 1.80. The summed E-state index contributed by atoms with van der Waals surface area (Å²) < 4.78 is 7.59. The molecular weight excluding hydrogens is 432 g/mol. The molecule has 4 aromatic rings. The number of phenols is 1. The van der Waals surface area contributed by atoms with Gasteiger partial charge in [0.05, 0.1) is 18.8 Å². The third-order valence-electron chi connectivity index (χ3n) is 5.97. The van der Waals surface area contributed by atoms with E-state index in [9.17, 15) is 5.11 Å². The minimum absolute atomic E-state index is 0.154. The second-order valence-corrected chi connectivity index (χ2v) is 8.33. The summed E-state index contributed by atoms with van der Waals surface area (Å²) in [6.45, 7) is 2.09. The molecule has 0 amide bonds. The van der Waals surface area contributed by atoms with E-state index in [4.69, 9.17) is 17.0 Å². The maximum Gasteiger partial charge on any atom is 0.174 e. The summed E-state index contributed by atoms with van der Waals surface area (Å²) in [5, 5.41) is 13.9. The molecule has 0 unspecified atom stereocenters. The van der Waals surface area contributed by atoms with Crippen molar-refractivity contribution in [2.45, 2.75) is 19.0 Å². The highest BCUT2D eigenvalue weighted by molar-refractivity contribution is 7.80. The van der Waals surface area contributed by atoms with Crippen LogP contribution >= 0.6 is 12.2 Å². The van der Waals surface area contributed by atoms with Gasteiger partial charge in [0, 0.05) is 29.0 Å². The number of aromatic hydroxyl groups is 1. The number of thiocarbonyl (C=S) groups is 1. The third-order valence-corrected chi connectivity index (χ3v) is 6.28. The zero-order valence-corrected chi connectivity index (χ0v) is 19.2. The summed E-state index contributed by atoms with van der Waals surface area (Å²) >= 11 is 5.81. The lowest BCUT2D eigenvalue weighted by Crippen LogP contribution is -2.30. The van der Waals surface area contributed by atoms with Crippen molar-refractivity contribution >= 4 is 23.0 Å². The number of nitrogens with zero attached hydrogens (tertiary/aromatic N) is 3. The van der Waals surface area contributed by atoms with E-state index in [2.05, 4.69) is 51.0 Å². The van der Waals surface area contributed by atoms with Gasteiger partial charge in [0.1, 0.15) is 17.5 Å². The van der Waals surface area contributed by atoms with Crippen LogP contribution in [0.3, 0.4) is 0 Å². The quantitative estimate of drug-likeness (QED) is 0.409. The Balaban J connectivity index is 1.67. The number of aryl methyl sites for hydroxylation is 1. The maximum atomic E-state index is 9.83. The lowest BCUT2D eigenvalue weighted by Gasteiger charge is -2.29. The minimum Gasteiger partial charge on any atom is -0.508 e. The van der Waals surface area contributed by atoms with Gasteiger partial charge in [-0.2, -0.15) is 0 Å². The van der Waals surface area contributed by atoms with Gasteiger partial charge in [0.15, 0.2) is 5.11 Å². The number of ether oxygens (including phenoxy) is 1. The maximum absolute atomic E-state index is 9.83. The normalized spacial score (nSPS) is 17.8. The third kappa shape index (κ3) is 3.81. The fourth-order valence-electron chi connectivity index (χ4n) is 4.42. The Morgan fingerprint density at radius 2 is 1.67 bits per heavy atom. The highest BCUT2D eigenvalue weighted by Gasteiger charge is 2.42. The van der Waals surface area contributed by atoms with Crippen molar-refractivity contribution in [1.29, 1.82) is 0 Å². The van der Waals surface area contributed by atoms with E-state index >= 15 is 0 Å². The van der Waals surface area contributed by atoms with Crippen LogP contribution in [0, 0.1) is 6.92 Å². The summed E-state index contributed by atoms with van der Waals surface area (Å²) in [6, 6.07) is 25.0. The Bertz CT molecular complexity index is 1270. The second kappa shape index (κ2) is 8.60. The molecule has 1 aliphatic rings. The molecule has 1 fully saturated rings. The topological polar surface area (TPSA) is 62.5 Å². The number of phenolic OH excluding ortho intramolecular Hbond substituents is 1. The number of benzene rings is 2. The molecule has 7 heteroatoms. The average Bonchev–Trinajstić information content (AvgIpc) is 3.39. The van der Waals surface area contributed by atoms with Crippen molar-refractivity contribution in [3.05, 3.63) is 102 Å². The number of methoxy groups -OCH3 is 1. The fourth-order valence-corrected chi connectivity index (χ4v) is 4.77. The lowest BCUT2D eigenvalue weighted by molar-refractivity contribution is 0.414. The molecular formula is C26H24N4O2S. The molecule has 5 rings (SSSR count). The lowest BCUT2D eigenvalue weighted by atomic mass is 10.0. The first-order valence-electron chi connectivity index (χ1n) is 10.7. The summed E-state index contributed by atoms with van der Waals surface area (Å²) in [7, 11) is 1.67. The molecule has 2 atom stereocenters. The van der Waals surface area contributed by atoms with Crippen LogP contribution in [0.1, 0.15) is 29.2 Å². The standard InChI is InChI=1S/C26H24N4O2S/c1-17-6-15-23(29(17)18-9-13-21(32-2)14-10-18)25-24(22-5-3-4-16-27-22)28-26(33)30(25)19-7-11-20(31)12-8-19/h3-16,24-25,31H,1-2H3,(H,28,33)/t24-,25+/m1/s1. The van der Waals surface area contributed by atoms with E-state index in [1.165, 1.54) is 0 Å². The largest absolute Gasteiger partial charge is 0.508 e. The molecule has 0 spiro atoms. The van der Waals surface area contributed by atoms with E-state index in [1.807, 2.05) is 42.5 Å². The number of hydrogen-bond acceptors (Lipinski definition) is 4. The van der Waals surface area contributed by atoms with E-state index in [0.717, 1.165) is 34.2 Å². The molecule has 0 saturated carbocycles. The molecule has 166 valence electrons. The first-order valence-corrected chi connectivity index (χ1v) is 11.1. The van der Waals surface area contributed by atoms with E-state index < -0.39 is 0 Å². The first-order chi connectivity index (χ1) is 16.1. The molecule has 2 N–H and O–H groups in total. The Kier molecular flexibility index (Phi) is 5.48. The summed E-state index contributed by atoms with van der Waals surface area (Å²) in [5.41, 5.74) is 5.03. The number of hydrogen-bond donors (Lipinski definition) is 2. The molecule has 2 aromatic carbocycles. The van der Waals surface area contributed by atoms with Crippen molar-refractivity contribution in [2.75, 3.05) is 12.0 Å². The van der Waals surface area contributed by atoms with E-state index in [1.54, 1.807) is 25.4 Å². The number of nitrogens with one attached hydrogen (secondary N) is 1. The van der Waals surface area contributed by atoms with Crippen molar-refractivity contribution in [1.82, 2.24) is 14.9 Å². The Hall–Kier alpha value is -3.84. The number of aromatic nitrogens is 2. The van der Waals surface area contributed by atoms with Crippen LogP contribution < -0.4 is 15.0 Å². The smallest absolute Gasteiger partial charge is 0.174 e. The Morgan fingerprint density at radius 3 is 2.33 bits per heavy atom. The summed E-state index contributed by atoms with van der Waals surface area (Å²) in [4.78, 5) is 6.73. The van der Waals surface area contributed by atoms with Crippen molar-refractivity contribution < 1.29 is 9.84 Å². The summed E-state index contributed by atoms with van der Waals surface area (Å²) in [5.74, 6) is 1.03. The van der Waals surface area contributed by atoms with Crippen LogP contribution in [0.4, 0.5) is 5.69 Å². The van der Waals surface area contributed by atoms with Crippen LogP contribution in [0.25, 0.3) is 5.69 Å². The number of anilines is 1. The average molecular weight is 457 g/mol. The van der Waals surface area contributed by atoms with Gasteiger partial charge in [0.2, 0.25) is 0 Å². The fraction of sp³-hybridized carbons (Fsp3) is 0.154. The Labute approximate surface area is 198 Å². The monoisotopic (exact) mass is 456 g/mol. The van der Waals surface area contributed by atoms with Crippen molar-refractivity contribution in [2.24, 2.45) is 0 Å². The highest BCUT2D eigenvalue weighted by atomic mass is 32.1. The predicted molar refractivity (Wildman–Crippen MR) is 133 cm³/mol. The van der Waals surface area contributed by atoms with Gasteiger partial charge in [-0.25, -0.2) is 0 Å². The first kappa shape index (κ1) is 21.0. The second-order valence-electron chi connectivity index (χ2n) is 7.95. The van der Waals surface area contributed by atoms with Crippen molar-refractivity contribution in [3.63, 3.8) is 0 Å². The van der Waals surface area contributed by atoms with Gasteiger partial charge in [-0.15, -0.1) is 0 Å². The Morgan fingerprint density at radius 1 is 0.939 bits per heavy atom. The molecule has 0 aliphatic carbocycles. The van der Waals surface area contributed by atoms with Gasteiger partial charge < -0.3 is 24.6 Å². The molecule has 2 aromatic heterocycles. The molecule has 6 nitrogen and oxygen atoms in total. The van der Waals surface area contributed by atoms with Gasteiger partial charge in [-0.1, -0.05) is 6.07 Å². The molecule has 33 heavy (non-hydrogen) atoms. The van der Waals surface area contributed by atoms with Gasteiger partial charge in [-0.05, 0) is 91.9 Å². The molecule has 1 aliphatic heterocycles. The van der Waals surface area contributed by atoms with Gasteiger partial charge >= 0.3 is 0 Å². The SMILES string of the molecule is COc1ccc(-n2c(C)ccc2[C@H]2[C@@H](c3ccccn3)NC(=S)N2c2ccc(O)cc2)cc1. The van der Waals surface area contributed by atoms with Crippen LogP contribution in [-0.4, -0.2) is 26.9 Å². The van der Waals surface area contributed by atoms with Gasteiger partial charge in [0.25, 0.3) is 0 Å². The van der Waals surface area contributed by atoms with Crippen molar-refractivity contribution in [3.8, 4) is 17.2 Å². The predicted octanol–water partition coefficient (Wildman–Crippen LogP) is 5.07. The van der Waals surface area contributed by atoms with Crippen LogP contribution in [0.15, 0.2) is 85.1 Å². The zero-order valence-electron chi connectivity index (χ0n) is 18.3. The van der Waals surface area contributed by atoms with Gasteiger partial charge in [-0.3, -0.25) is 4.98 Å². The van der Waals surface area contributed by atoms with E-state index in [0.29, 0.717) is 5.11 Å². The van der Waals surface area contributed by atoms with Crippen LogP contribution in [0.2, 0.25) is 0 Å². The highest BCUT2D eigenvalue weighted by Crippen LogP contribution is 2.43. The molecule has 1 saturated heterocycles. The van der Waals surface area contributed by atoms with Crippen LogP contribution in [0.5, 0.6) is 11.5 Å². The molecule has 3 heterocycles. The minimum atomic E-state index is -0.159. The number of pyridine rings is 1. The number of rotatable bonds is 5. The molecule has 0 bridgehead atoms. The van der Waals surface area contributed by atoms with Crippen LogP contribution in [-0.2, 0) is 0 Å².